The van der Waals surface area contributed by atoms with E-state index in [1.54, 1.807) is 20.8 Å². The number of fused-ring (bicyclic) bond motifs is 1. The molecule has 2 aromatic carbocycles. The molecule has 0 bridgehead atoms. The lowest BCUT2D eigenvalue weighted by molar-refractivity contribution is -0.138. The van der Waals surface area contributed by atoms with E-state index in [4.69, 9.17) is 19.4 Å². The number of carbonyl (C=O) groups excluding carboxylic acids is 1. The van der Waals surface area contributed by atoms with Crippen LogP contribution in [0.15, 0.2) is 42.6 Å². The second kappa shape index (κ2) is 8.89. The third-order valence-corrected chi connectivity index (χ3v) is 6.81. The fourth-order valence-electron chi connectivity index (χ4n) is 5.19. The van der Waals surface area contributed by atoms with Gasteiger partial charge in [-0.2, -0.15) is 0 Å². The van der Waals surface area contributed by atoms with E-state index in [1.165, 1.54) is 5.56 Å². The first-order chi connectivity index (χ1) is 17.3. The molecule has 6 heteroatoms. The predicted octanol–water partition coefficient (Wildman–Crippen LogP) is 6.37. The summed E-state index contributed by atoms with van der Waals surface area (Å²) in [7, 11) is 0. The molecule has 0 saturated heterocycles. The van der Waals surface area contributed by atoms with Gasteiger partial charge in [-0.15, -0.1) is 0 Å². The number of rotatable bonds is 5. The third kappa shape index (κ3) is 4.60. The fraction of sp³-hybridized carbons (Fsp3) is 0.387. The zero-order chi connectivity index (χ0) is 26.7. The summed E-state index contributed by atoms with van der Waals surface area (Å²) in [5.74, 6) is 0.752. The quantitative estimate of drug-likeness (QED) is 0.345. The molecule has 0 aliphatic carbocycles. The minimum Gasteiger partial charge on any atom is -0.493 e. The maximum Gasteiger partial charge on any atom is 0.163 e. The highest BCUT2D eigenvalue weighted by molar-refractivity contribution is 6.08. The van der Waals surface area contributed by atoms with Crippen molar-refractivity contribution in [1.29, 1.82) is 0 Å². The molecule has 0 unspecified atom stereocenters. The van der Waals surface area contributed by atoms with Gasteiger partial charge in [0, 0.05) is 29.0 Å². The molecule has 0 radical (unpaired) electrons. The zero-order valence-corrected chi connectivity index (χ0v) is 22.6. The summed E-state index contributed by atoms with van der Waals surface area (Å²) in [6.45, 7) is 13.5. The Hall–Kier alpha value is -3.35. The van der Waals surface area contributed by atoms with Crippen LogP contribution in [0.4, 0.5) is 0 Å². The van der Waals surface area contributed by atoms with Crippen molar-refractivity contribution < 1.29 is 19.4 Å². The van der Waals surface area contributed by atoms with Gasteiger partial charge in [-0.1, -0.05) is 6.07 Å². The van der Waals surface area contributed by atoms with Crippen LogP contribution in [0, 0.1) is 6.92 Å². The maximum absolute atomic E-state index is 13.1. The third-order valence-electron chi connectivity index (χ3n) is 6.81. The van der Waals surface area contributed by atoms with E-state index in [1.807, 2.05) is 70.3 Å². The number of pyridine rings is 2. The Morgan fingerprint density at radius 3 is 2.54 bits per heavy atom. The lowest BCUT2D eigenvalue weighted by atomic mass is 9.85. The number of aromatic nitrogens is 2. The van der Waals surface area contributed by atoms with Gasteiger partial charge in [-0.05, 0) is 101 Å². The maximum atomic E-state index is 13.1. The number of benzene rings is 2. The SMILES string of the molecule is CC(=O)[C@@H](OC(C)(C)C)c1c(C)cc2nc(C(C)(C)O)ccc2c1-c1ccc2c3c(ccnc13)CCO2. The molecule has 192 valence electrons. The Kier molecular flexibility index (Phi) is 6.08. The van der Waals surface area contributed by atoms with E-state index < -0.39 is 17.3 Å². The van der Waals surface area contributed by atoms with Crippen LogP contribution in [0.5, 0.6) is 5.75 Å². The van der Waals surface area contributed by atoms with Crippen LogP contribution in [-0.4, -0.2) is 33.1 Å². The molecule has 1 N–H and O–H groups in total. The number of hydrogen-bond donors (Lipinski definition) is 1. The standard InChI is InChI=1S/C31H34N2O4/c1-17-16-22-20(9-11-24(33-22)31(6,7)35)27(25(17)29(18(2)34)37-30(3,4)5)21-8-10-23-26-19(13-15-36-23)12-14-32-28(21)26/h8-12,14,16,29,35H,13,15H2,1-7H3/t29-/m1/s1. The Bertz CT molecular complexity index is 1530. The molecule has 0 saturated carbocycles. The fourth-order valence-corrected chi connectivity index (χ4v) is 5.19. The first-order valence-electron chi connectivity index (χ1n) is 12.7. The average molecular weight is 499 g/mol. The van der Waals surface area contributed by atoms with E-state index in [-0.39, 0.29) is 5.78 Å². The summed E-state index contributed by atoms with van der Waals surface area (Å²) in [6.07, 6.45) is 1.89. The lowest BCUT2D eigenvalue weighted by Gasteiger charge is -2.30. The minimum atomic E-state index is -1.09. The molecule has 0 fully saturated rings. The van der Waals surface area contributed by atoms with Gasteiger partial charge in [-0.25, -0.2) is 4.98 Å². The average Bonchev–Trinajstić information content (AvgIpc) is 2.81. The monoisotopic (exact) mass is 498 g/mol. The number of ether oxygens (including phenoxy) is 2. The van der Waals surface area contributed by atoms with Crippen molar-refractivity contribution in [3.8, 4) is 16.9 Å². The highest BCUT2D eigenvalue weighted by Crippen LogP contribution is 2.45. The Balaban J connectivity index is 1.91. The van der Waals surface area contributed by atoms with Crippen molar-refractivity contribution in [2.24, 2.45) is 0 Å². The van der Waals surface area contributed by atoms with E-state index in [0.29, 0.717) is 12.3 Å². The molecule has 5 rings (SSSR count). The largest absolute Gasteiger partial charge is 0.493 e. The number of aryl methyl sites for hydroxylation is 1. The van der Waals surface area contributed by atoms with Gasteiger partial charge in [0.25, 0.3) is 0 Å². The van der Waals surface area contributed by atoms with Crippen LogP contribution < -0.4 is 4.74 Å². The minimum absolute atomic E-state index is 0.0706. The highest BCUT2D eigenvalue weighted by atomic mass is 16.5. The lowest BCUT2D eigenvalue weighted by Crippen LogP contribution is -2.27. The molecular weight excluding hydrogens is 464 g/mol. The van der Waals surface area contributed by atoms with Crippen LogP contribution in [-0.2, 0) is 21.6 Å². The van der Waals surface area contributed by atoms with E-state index in [2.05, 4.69) is 0 Å². The molecule has 6 nitrogen and oxygen atoms in total. The summed E-state index contributed by atoms with van der Waals surface area (Å²) in [4.78, 5) is 22.7. The van der Waals surface area contributed by atoms with Crippen molar-refractivity contribution in [3.63, 3.8) is 0 Å². The van der Waals surface area contributed by atoms with Gasteiger partial charge in [0.2, 0.25) is 0 Å². The van der Waals surface area contributed by atoms with Crippen LogP contribution in [0.1, 0.15) is 70.0 Å². The number of carbonyl (C=O) groups is 1. The van der Waals surface area contributed by atoms with Crippen molar-refractivity contribution in [2.45, 2.75) is 72.2 Å². The number of aliphatic hydroxyl groups is 1. The van der Waals surface area contributed by atoms with Crippen molar-refractivity contribution in [1.82, 2.24) is 9.97 Å². The number of ketones is 1. The normalized spacial score (nSPS) is 14.6. The van der Waals surface area contributed by atoms with Crippen LogP contribution in [0.25, 0.3) is 32.9 Å². The molecule has 1 aliphatic rings. The first-order valence-corrected chi connectivity index (χ1v) is 12.7. The van der Waals surface area contributed by atoms with E-state index >= 15 is 0 Å². The molecule has 0 spiro atoms. The molecule has 1 aliphatic heterocycles. The van der Waals surface area contributed by atoms with E-state index in [9.17, 15) is 9.90 Å². The molecule has 2 aromatic heterocycles. The second-order valence-electron chi connectivity index (χ2n) is 11.4. The van der Waals surface area contributed by atoms with Crippen LogP contribution in [0.2, 0.25) is 0 Å². The molecule has 4 aromatic rings. The summed E-state index contributed by atoms with van der Waals surface area (Å²) in [5.41, 5.74) is 5.20. The molecule has 37 heavy (non-hydrogen) atoms. The molecule has 0 amide bonds. The van der Waals surface area contributed by atoms with Crippen molar-refractivity contribution in [2.75, 3.05) is 6.61 Å². The van der Waals surface area contributed by atoms with Gasteiger partial charge in [-0.3, -0.25) is 9.78 Å². The first kappa shape index (κ1) is 25.3. The highest BCUT2D eigenvalue weighted by Gasteiger charge is 2.31. The van der Waals surface area contributed by atoms with Crippen LogP contribution in [0.3, 0.4) is 0 Å². The van der Waals surface area contributed by atoms with Crippen LogP contribution >= 0.6 is 0 Å². The number of nitrogens with zero attached hydrogens (tertiary/aromatic N) is 2. The zero-order valence-electron chi connectivity index (χ0n) is 22.6. The van der Waals surface area contributed by atoms with Gasteiger partial charge in [0.15, 0.2) is 5.78 Å². The summed E-state index contributed by atoms with van der Waals surface area (Å²) < 4.78 is 12.4. The van der Waals surface area contributed by atoms with Gasteiger partial charge >= 0.3 is 0 Å². The second-order valence-corrected chi connectivity index (χ2v) is 11.4. The summed E-state index contributed by atoms with van der Waals surface area (Å²) in [5, 5.41) is 12.5. The number of hydrogen-bond acceptors (Lipinski definition) is 6. The molecular formula is C31H34N2O4. The Morgan fingerprint density at radius 1 is 1.11 bits per heavy atom. The van der Waals surface area contributed by atoms with Gasteiger partial charge in [0.05, 0.1) is 28.9 Å². The van der Waals surface area contributed by atoms with Crippen molar-refractivity contribution in [3.05, 3.63) is 65.0 Å². The Labute approximate surface area is 217 Å². The molecule has 3 heterocycles. The predicted molar refractivity (Wildman–Crippen MR) is 146 cm³/mol. The smallest absolute Gasteiger partial charge is 0.163 e. The number of Topliss-reactive ketones (excluding diaryl/α,β-unsaturated/α-hetero) is 1. The Morgan fingerprint density at radius 2 is 1.86 bits per heavy atom. The molecule has 1 atom stereocenters. The topological polar surface area (TPSA) is 81.5 Å². The summed E-state index contributed by atoms with van der Waals surface area (Å²) >= 11 is 0. The van der Waals surface area contributed by atoms with E-state index in [0.717, 1.165) is 56.2 Å². The van der Waals surface area contributed by atoms with Gasteiger partial charge in [0.1, 0.15) is 17.5 Å². The summed E-state index contributed by atoms with van der Waals surface area (Å²) in [6, 6.07) is 11.9. The van der Waals surface area contributed by atoms with Gasteiger partial charge < -0.3 is 14.6 Å². The van der Waals surface area contributed by atoms with Crippen molar-refractivity contribution >= 4 is 27.6 Å².